The van der Waals surface area contributed by atoms with Gasteiger partial charge in [-0.2, -0.15) is 0 Å². The first-order valence-electron chi connectivity index (χ1n) is 8.44. The molecule has 2 aliphatic rings. The standard InChI is InChI=1S/C16H27N3O4/c1-3-10(2)12(17)13(20)16(15(22)23)7-5-9-19(16)14(21)11-6-4-8-18-11/h10-12,18H,3-9,17H2,1-2H3,(H,22,23). The number of carboxylic acid groups (broad SMARTS) is 1. The fourth-order valence-corrected chi connectivity index (χ4v) is 3.57. The summed E-state index contributed by atoms with van der Waals surface area (Å²) in [5, 5.41) is 12.9. The quantitative estimate of drug-likeness (QED) is 0.598. The van der Waals surface area contributed by atoms with Crippen LogP contribution in [0.15, 0.2) is 0 Å². The van der Waals surface area contributed by atoms with E-state index in [9.17, 15) is 19.5 Å². The second-order valence-corrected chi connectivity index (χ2v) is 6.68. The van der Waals surface area contributed by atoms with Crippen LogP contribution in [-0.4, -0.2) is 58.4 Å². The highest BCUT2D eigenvalue weighted by atomic mass is 16.4. The zero-order chi connectivity index (χ0) is 17.2. The van der Waals surface area contributed by atoms with Crippen LogP contribution in [0.3, 0.4) is 0 Å². The van der Waals surface area contributed by atoms with E-state index in [0.29, 0.717) is 25.8 Å². The summed E-state index contributed by atoms with van der Waals surface area (Å²) in [5.74, 6) is -2.21. The SMILES string of the molecule is CCC(C)C(N)C(=O)C1(C(=O)O)CCCN1C(=O)C1CCCN1. The van der Waals surface area contributed by atoms with E-state index in [1.165, 1.54) is 4.90 Å². The largest absolute Gasteiger partial charge is 0.479 e. The first-order chi connectivity index (χ1) is 10.9. The lowest BCUT2D eigenvalue weighted by molar-refractivity contribution is -0.163. The summed E-state index contributed by atoms with van der Waals surface area (Å²) in [5.41, 5.74) is 4.22. The number of carboxylic acids is 1. The average Bonchev–Trinajstić information content (AvgIpc) is 3.21. The van der Waals surface area contributed by atoms with Gasteiger partial charge in [0.05, 0.1) is 12.1 Å². The second-order valence-electron chi connectivity index (χ2n) is 6.68. The number of rotatable bonds is 6. The van der Waals surface area contributed by atoms with E-state index in [1.807, 2.05) is 13.8 Å². The van der Waals surface area contributed by atoms with Crippen LogP contribution < -0.4 is 11.1 Å². The molecule has 0 aromatic rings. The summed E-state index contributed by atoms with van der Waals surface area (Å²) in [6.45, 7) is 4.77. The second kappa shape index (κ2) is 6.97. The molecule has 7 nitrogen and oxygen atoms in total. The van der Waals surface area contributed by atoms with Gasteiger partial charge >= 0.3 is 5.97 Å². The predicted octanol–water partition coefficient (Wildman–Crippen LogP) is 0.127. The van der Waals surface area contributed by atoms with Gasteiger partial charge < -0.3 is 21.1 Å². The van der Waals surface area contributed by atoms with Crippen LogP contribution in [0, 0.1) is 5.92 Å². The fourth-order valence-electron chi connectivity index (χ4n) is 3.57. The van der Waals surface area contributed by atoms with Crippen molar-refractivity contribution in [3.63, 3.8) is 0 Å². The maximum atomic E-state index is 12.9. The molecule has 2 fully saturated rings. The molecule has 2 saturated heterocycles. The lowest BCUT2D eigenvalue weighted by Gasteiger charge is -2.37. The number of carbonyl (C=O) groups is 3. The van der Waals surface area contributed by atoms with Gasteiger partial charge in [-0.05, 0) is 38.1 Å². The molecule has 2 aliphatic heterocycles. The summed E-state index contributed by atoms with van der Waals surface area (Å²) in [6.07, 6.45) is 2.88. The molecule has 2 heterocycles. The minimum atomic E-state index is -1.80. The van der Waals surface area contributed by atoms with Crippen LogP contribution in [0.1, 0.15) is 46.0 Å². The topological polar surface area (TPSA) is 113 Å². The third kappa shape index (κ3) is 2.99. The summed E-state index contributed by atoms with van der Waals surface area (Å²) < 4.78 is 0. The molecule has 2 rings (SSSR count). The van der Waals surface area contributed by atoms with Crippen molar-refractivity contribution in [2.45, 2.75) is 63.6 Å². The van der Waals surface area contributed by atoms with E-state index < -0.39 is 23.3 Å². The van der Waals surface area contributed by atoms with Gasteiger partial charge in [-0.25, -0.2) is 4.79 Å². The Morgan fingerprint density at radius 2 is 2.09 bits per heavy atom. The smallest absolute Gasteiger partial charge is 0.337 e. The third-order valence-corrected chi connectivity index (χ3v) is 5.33. The molecule has 0 bridgehead atoms. The van der Waals surface area contributed by atoms with Crippen molar-refractivity contribution in [3.05, 3.63) is 0 Å². The van der Waals surface area contributed by atoms with Crippen molar-refractivity contribution in [1.82, 2.24) is 10.2 Å². The Balaban J connectivity index is 2.32. The molecular weight excluding hydrogens is 298 g/mol. The van der Waals surface area contributed by atoms with Crippen LogP contribution >= 0.6 is 0 Å². The zero-order valence-electron chi connectivity index (χ0n) is 13.9. The van der Waals surface area contributed by atoms with Crippen molar-refractivity contribution in [2.75, 3.05) is 13.1 Å². The highest BCUT2D eigenvalue weighted by Gasteiger charge is 2.58. The summed E-state index contributed by atoms with van der Waals surface area (Å²) >= 11 is 0. The van der Waals surface area contributed by atoms with Gasteiger partial charge in [0.2, 0.25) is 11.4 Å². The third-order valence-electron chi connectivity index (χ3n) is 5.33. The van der Waals surface area contributed by atoms with Crippen LogP contribution in [-0.2, 0) is 14.4 Å². The van der Waals surface area contributed by atoms with Crippen molar-refractivity contribution >= 4 is 17.7 Å². The zero-order valence-corrected chi connectivity index (χ0v) is 13.9. The lowest BCUT2D eigenvalue weighted by atomic mass is 9.81. The Morgan fingerprint density at radius 1 is 1.39 bits per heavy atom. The van der Waals surface area contributed by atoms with E-state index in [0.717, 1.165) is 13.0 Å². The van der Waals surface area contributed by atoms with Crippen molar-refractivity contribution in [3.8, 4) is 0 Å². The summed E-state index contributed by atoms with van der Waals surface area (Å²) in [4.78, 5) is 38.9. The molecule has 4 unspecified atom stereocenters. The molecular formula is C16H27N3O4. The number of hydrogen-bond acceptors (Lipinski definition) is 5. The van der Waals surface area contributed by atoms with Crippen LogP contribution in [0.2, 0.25) is 0 Å². The number of likely N-dealkylation sites (tertiary alicyclic amines) is 1. The number of nitrogens with one attached hydrogen (secondary N) is 1. The maximum absolute atomic E-state index is 12.9. The number of hydrogen-bond donors (Lipinski definition) is 3. The number of Topliss-reactive ketones (excluding diaryl/α,β-unsaturated/α-hetero) is 1. The Labute approximate surface area is 136 Å². The molecule has 0 aromatic carbocycles. The van der Waals surface area contributed by atoms with Gasteiger partial charge in [0.1, 0.15) is 0 Å². The minimum absolute atomic E-state index is 0.124. The van der Waals surface area contributed by atoms with E-state index in [2.05, 4.69) is 5.32 Å². The van der Waals surface area contributed by atoms with Crippen molar-refractivity contribution in [2.24, 2.45) is 11.7 Å². The Bertz CT molecular complexity index is 490. The van der Waals surface area contributed by atoms with Crippen LogP contribution in [0.5, 0.6) is 0 Å². The Hall–Kier alpha value is -1.47. The van der Waals surface area contributed by atoms with Gasteiger partial charge in [-0.3, -0.25) is 9.59 Å². The van der Waals surface area contributed by atoms with Crippen molar-refractivity contribution < 1.29 is 19.5 Å². The predicted molar refractivity (Wildman–Crippen MR) is 84.8 cm³/mol. The number of aliphatic carboxylic acids is 1. The molecule has 130 valence electrons. The van der Waals surface area contributed by atoms with E-state index >= 15 is 0 Å². The Morgan fingerprint density at radius 3 is 2.61 bits per heavy atom. The molecule has 23 heavy (non-hydrogen) atoms. The van der Waals surface area contributed by atoms with Crippen LogP contribution in [0.4, 0.5) is 0 Å². The molecule has 0 spiro atoms. The monoisotopic (exact) mass is 325 g/mol. The lowest BCUT2D eigenvalue weighted by Crippen LogP contribution is -2.65. The fraction of sp³-hybridized carbons (Fsp3) is 0.812. The number of nitrogens with two attached hydrogens (primary N) is 1. The molecule has 0 aliphatic carbocycles. The number of amides is 1. The number of carbonyl (C=O) groups excluding carboxylic acids is 2. The molecule has 0 radical (unpaired) electrons. The number of ketones is 1. The van der Waals surface area contributed by atoms with Crippen molar-refractivity contribution in [1.29, 1.82) is 0 Å². The maximum Gasteiger partial charge on any atom is 0.337 e. The van der Waals surface area contributed by atoms with E-state index in [1.54, 1.807) is 0 Å². The minimum Gasteiger partial charge on any atom is -0.479 e. The molecule has 4 N–H and O–H groups in total. The molecule has 4 atom stereocenters. The molecule has 7 heteroatoms. The molecule has 0 aromatic heterocycles. The Kier molecular flexibility index (Phi) is 5.41. The summed E-state index contributed by atoms with van der Waals surface area (Å²) in [7, 11) is 0. The van der Waals surface area contributed by atoms with Gasteiger partial charge in [0, 0.05) is 6.54 Å². The molecule has 0 saturated carbocycles. The van der Waals surface area contributed by atoms with E-state index in [-0.39, 0.29) is 24.3 Å². The normalized spacial score (nSPS) is 30.2. The highest BCUT2D eigenvalue weighted by Crippen LogP contribution is 2.34. The van der Waals surface area contributed by atoms with Gasteiger partial charge in [-0.1, -0.05) is 20.3 Å². The average molecular weight is 325 g/mol. The molecule has 1 amide bonds. The first kappa shape index (κ1) is 17.9. The number of nitrogens with zero attached hydrogens (tertiary/aromatic N) is 1. The van der Waals surface area contributed by atoms with Gasteiger partial charge in [0.15, 0.2) is 5.78 Å². The first-order valence-corrected chi connectivity index (χ1v) is 8.44. The van der Waals surface area contributed by atoms with Crippen LogP contribution in [0.25, 0.3) is 0 Å². The van der Waals surface area contributed by atoms with E-state index in [4.69, 9.17) is 5.73 Å². The van der Waals surface area contributed by atoms with Gasteiger partial charge in [-0.15, -0.1) is 0 Å². The van der Waals surface area contributed by atoms with Gasteiger partial charge in [0.25, 0.3) is 0 Å². The summed E-state index contributed by atoms with van der Waals surface area (Å²) in [6, 6.07) is -1.26. The highest BCUT2D eigenvalue weighted by molar-refractivity contribution is 6.13.